The van der Waals surface area contributed by atoms with Gasteiger partial charge in [-0.3, -0.25) is 9.59 Å². The molecule has 3 aromatic rings. The number of aromatic nitrogens is 1. The van der Waals surface area contributed by atoms with E-state index < -0.39 is 0 Å². The van der Waals surface area contributed by atoms with Crippen molar-refractivity contribution in [3.63, 3.8) is 0 Å². The number of ether oxygens (including phenoxy) is 1. The van der Waals surface area contributed by atoms with Crippen molar-refractivity contribution in [2.75, 3.05) is 26.7 Å². The van der Waals surface area contributed by atoms with Gasteiger partial charge in [0.2, 0.25) is 5.91 Å². The van der Waals surface area contributed by atoms with E-state index in [0.717, 1.165) is 22.0 Å². The average Bonchev–Trinajstić information content (AvgIpc) is 3.09. The summed E-state index contributed by atoms with van der Waals surface area (Å²) in [5, 5.41) is 5.85. The molecule has 0 aliphatic carbocycles. The molecular formula is C24H29N3O4. The first-order chi connectivity index (χ1) is 14.8. The van der Waals surface area contributed by atoms with Gasteiger partial charge in [-0.15, -0.1) is 0 Å². The number of nitrogens with zero attached hydrogens (tertiary/aromatic N) is 3. The Bertz CT molecular complexity index is 1070. The SMILES string of the molecule is CCN(CC)C(=O)CN(C)C(=O)c1cc2ccccc2cc1OCc1c(C)noc1C. The summed E-state index contributed by atoms with van der Waals surface area (Å²) in [6.07, 6.45) is 0. The minimum absolute atomic E-state index is 0.0106. The Hall–Kier alpha value is -3.35. The van der Waals surface area contributed by atoms with E-state index in [1.54, 1.807) is 11.9 Å². The molecule has 0 unspecified atom stereocenters. The van der Waals surface area contributed by atoms with E-state index in [1.807, 2.05) is 64.1 Å². The van der Waals surface area contributed by atoms with Gasteiger partial charge in [-0.2, -0.15) is 0 Å². The molecule has 31 heavy (non-hydrogen) atoms. The van der Waals surface area contributed by atoms with Crippen LogP contribution >= 0.6 is 0 Å². The highest BCUT2D eigenvalue weighted by Gasteiger charge is 2.22. The van der Waals surface area contributed by atoms with Crippen molar-refractivity contribution >= 4 is 22.6 Å². The van der Waals surface area contributed by atoms with Gasteiger partial charge in [0, 0.05) is 20.1 Å². The second-order valence-electron chi connectivity index (χ2n) is 7.51. The Morgan fingerprint density at radius 1 is 1.06 bits per heavy atom. The molecule has 3 rings (SSSR count). The second kappa shape index (κ2) is 9.64. The number of hydrogen-bond acceptors (Lipinski definition) is 5. The molecule has 0 atom stereocenters. The van der Waals surface area contributed by atoms with Crippen LogP contribution in [0.15, 0.2) is 40.9 Å². The largest absolute Gasteiger partial charge is 0.488 e. The zero-order valence-corrected chi connectivity index (χ0v) is 18.8. The van der Waals surface area contributed by atoms with E-state index in [9.17, 15) is 9.59 Å². The topological polar surface area (TPSA) is 75.9 Å². The van der Waals surface area contributed by atoms with Crippen molar-refractivity contribution in [3.8, 4) is 5.75 Å². The van der Waals surface area contributed by atoms with Crippen molar-refractivity contribution in [2.24, 2.45) is 0 Å². The summed E-state index contributed by atoms with van der Waals surface area (Å²) in [5.74, 6) is 0.804. The maximum absolute atomic E-state index is 13.3. The molecule has 0 saturated heterocycles. The highest BCUT2D eigenvalue weighted by Crippen LogP contribution is 2.28. The predicted octanol–water partition coefficient (Wildman–Crippen LogP) is 3.96. The van der Waals surface area contributed by atoms with Crippen molar-refractivity contribution < 1.29 is 18.8 Å². The summed E-state index contributed by atoms with van der Waals surface area (Å²) < 4.78 is 11.3. The molecule has 7 heteroatoms. The zero-order chi connectivity index (χ0) is 22.5. The Morgan fingerprint density at radius 3 is 2.29 bits per heavy atom. The van der Waals surface area contributed by atoms with Crippen LogP contribution in [0.2, 0.25) is 0 Å². The first-order valence-corrected chi connectivity index (χ1v) is 10.5. The van der Waals surface area contributed by atoms with Gasteiger partial charge < -0.3 is 19.1 Å². The molecule has 2 aromatic carbocycles. The van der Waals surface area contributed by atoms with E-state index >= 15 is 0 Å². The number of likely N-dealkylation sites (N-methyl/N-ethyl adjacent to an activating group) is 2. The van der Waals surface area contributed by atoms with Gasteiger partial charge >= 0.3 is 0 Å². The highest BCUT2D eigenvalue weighted by atomic mass is 16.5. The number of carbonyl (C=O) groups is 2. The average molecular weight is 424 g/mol. The van der Waals surface area contributed by atoms with Gasteiger partial charge in [0.1, 0.15) is 18.1 Å². The second-order valence-corrected chi connectivity index (χ2v) is 7.51. The van der Waals surface area contributed by atoms with Gasteiger partial charge in [0.15, 0.2) is 0 Å². The van der Waals surface area contributed by atoms with Crippen molar-refractivity contribution in [3.05, 3.63) is 59.0 Å². The number of benzene rings is 2. The first-order valence-electron chi connectivity index (χ1n) is 10.5. The smallest absolute Gasteiger partial charge is 0.257 e. The van der Waals surface area contributed by atoms with Crippen LogP contribution in [-0.2, 0) is 11.4 Å². The summed E-state index contributed by atoms with van der Waals surface area (Å²) in [7, 11) is 1.64. The zero-order valence-electron chi connectivity index (χ0n) is 18.8. The molecule has 0 bridgehead atoms. The van der Waals surface area contributed by atoms with Crippen LogP contribution in [0.1, 0.15) is 41.2 Å². The fraction of sp³-hybridized carbons (Fsp3) is 0.375. The standard InChI is InChI=1S/C24H29N3O4/c1-6-27(7-2)23(28)14-26(5)24(29)20-12-18-10-8-9-11-19(18)13-22(20)30-15-21-16(3)25-31-17(21)4/h8-13H,6-7,14-15H2,1-5H3. The Labute approximate surface area is 182 Å². The lowest BCUT2D eigenvalue weighted by Gasteiger charge is -2.24. The molecule has 0 aliphatic rings. The minimum atomic E-state index is -0.264. The third-order valence-electron chi connectivity index (χ3n) is 5.47. The lowest BCUT2D eigenvalue weighted by molar-refractivity contribution is -0.131. The van der Waals surface area contributed by atoms with E-state index in [1.165, 1.54) is 4.90 Å². The normalized spacial score (nSPS) is 10.9. The fourth-order valence-corrected chi connectivity index (χ4v) is 3.52. The quantitative estimate of drug-likeness (QED) is 0.548. The molecule has 2 amide bonds. The number of rotatable bonds is 8. The number of hydrogen-bond donors (Lipinski definition) is 0. The summed E-state index contributed by atoms with van der Waals surface area (Å²) in [4.78, 5) is 28.9. The van der Waals surface area contributed by atoms with E-state index in [2.05, 4.69) is 5.16 Å². The maximum Gasteiger partial charge on any atom is 0.257 e. The van der Waals surface area contributed by atoms with Crippen LogP contribution in [0.5, 0.6) is 5.75 Å². The van der Waals surface area contributed by atoms with Gasteiger partial charge in [-0.1, -0.05) is 29.4 Å². The Kier molecular flexibility index (Phi) is 6.95. The summed E-state index contributed by atoms with van der Waals surface area (Å²) in [6, 6.07) is 11.5. The Morgan fingerprint density at radius 2 is 1.71 bits per heavy atom. The number of aryl methyl sites for hydroxylation is 2. The molecule has 164 valence electrons. The molecule has 7 nitrogen and oxygen atoms in total. The van der Waals surface area contributed by atoms with Crippen molar-refractivity contribution in [1.29, 1.82) is 0 Å². The molecule has 0 spiro atoms. The van der Waals surface area contributed by atoms with Crippen molar-refractivity contribution in [2.45, 2.75) is 34.3 Å². The van der Waals surface area contributed by atoms with Crippen LogP contribution in [0.4, 0.5) is 0 Å². The lowest BCUT2D eigenvalue weighted by atomic mass is 10.0. The highest BCUT2D eigenvalue weighted by molar-refractivity contribution is 6.02. The van der Waals surface area contributed by atoms with Gasteiger partial charge in [0.05, 0.1) is 23.4 Å². The fourth-order valence-electron chi connectivity index (χ4n) is 3.52. The van der Waals surface area contributed by atoms with Gasteiger partial charge in [0.25, 0.3) is 5.91 Å². The monoisotopic (exact) mass is 423 g/mol. The summed E-state index contributed by atoms with van der Waals surface area (Å²) >= 11 is 0. The summed E-state index contributed by atoms with van der Waals surface area (Å²) in [5.41, 5.74) is 2.03. The molecule has 0 aliphatic heterocycles. The molecule has 0 radical (unpaired) electrons. The van der Waals surface area contributed by atoms with Crippen LogP contribution in [0.3, 0.4) is 0 Å². The van der Waals surface area contributed by atoms with Crippen LogP contribution < -0.4 is 4.74 Å². The van der Waals surface area contributed by atoms with Crippen LogP contribution in [0.25, 0.3) is 10.8 Å². The molecule has 1 heterocycles. The molecule has 0 N–H and O–H groups in total. The molecule has 1 aromatic heterocycles. The number of carbonyl (C=O) groups excluding carboxylic acids is 2. The predicted molar refractivity (Wildman–Crippen MR) is 119 cm³/mol. The van der Waals surface area contributed by atoms with Crippen molar-refractivity contribution in [1.82, 2.24) is 15.0 Å². The Balaban J connectivity index is 1.90. The van der Waals surface area contributed by atoms with Gasteiger partial charge in [-0.05, 0) is 50.6 Å². The number of amides is 2. The number of fused-ring (bicyclic) bond motifs is 1. The molecule has 0 fully saturated rings. The maximum atomic E-state index is 13.3. The van der Waals surface area contributed by atoms with E-state index in [0.29, 0.717) is 30.2 Å². The lowest BCUT2D eigenvalue weighted by Crippen LogP contribution is -2.41. The third kappa shape index (κ3) is 4.87. The summed E-state index contributed by atoms with van der Waals surface area (Å²) in [6.45, 7) is 9.00. The molecule has 0 saturated carbocycles. The van der Waals surface area contributed by atoms with E-state index in [-0.39, 0.29) is 25.0 Å². The van der Waals surface area contributed by atoms with E-state index in [4.69, 9.17) is 9.26 Å². The minimum Gasteiger partial charge on any atom is -0.488 e. The molecular weight excluding hydrogens is 394 g/mol. The van der Waals surface area contributed by atoms with Crippen LogP contribution in [0, 0.1) is 13.8 Å². The first kappa shape index (κ1) is 22.3. The van der Waals surface area contributed by atoms with Crippen LogP contribution in [-0.4, -0.2) is 53.5 Å². The van der Waals surface area contributed by atoms with Gasteiger partial charge in [-0.25, -0.2) is 0 Å². The third-order valence-corrected chi connectivity index (χ3v) is 5.47.